The molecule has 0 radical (unpaired) electrons. The summed E-state index contributed by atoms with van der Waals surface area (Å²) >= 11 is 0. The minimum Gasteiger partial charge on any atom is -0.322 e. The van der Waals surface area contributed by atoms with Gasteiger partial charge in [-0.3, -0.25) is 4.98 Å². The third-order valence-corrected chi connectivity index (χ3v) is 3.36. The Hall–Kier alpha value is -1.67. The second kappa shape index (κ2) is 5.32. The van der Waals surface area contributed by atoms with E-state index in [-0.39, 0.29) is 6.04 Å². The first-order valence-corrected chi connectivity index (χ1v) is 6.32. The van der Waals surface area contributed by atoms with Crippen LogP contribution in [0.2, 0.25) is 0 Å². The third-order valence-electron chi connectivity index (χ3n) is 3.36. The van der Waals surface area contributed by atoms with Crippen molar-refractivity contribution in [1.29, 1.82) is 0 Å². The maximum Gasteiger partial charge on any atom is 0.0577 e. The molecule has 2 heteroatoms. The normalized spacial score (nSPS) is 12.4. The molecule has 1 aromatic heterocycles. The highest BCUT2D eigenvalue weighted by Crippen LogP contribution is 2.20. The minimum absolute atomic E-state index is 0.0373. The van der Waals surface area contributed by atoms with Crippen molar-refractivity contribution in [3.8, 4) is 0 Å². The van der Waals surface area contributed by atoms with E-state index in [0.717, 1.165) is 17.8 Å². The van der Waals surface area contributed by atoms with Gasteiger partial charge in [0.2, 0.25) is 0 Å². The number of nitrogens with two attached hydrogens (primary N) is 1. The van der Waals surface area contributed by atoms with Gasteiger partial charge in [-0.15, -0.1) is 0 Å². The zero-order chi connectivity index (χ0) is 13.1. The molecule has 2 nitrogen and oxygen atoms in total. The van der Waals surface area contributed by atoms with Crippen LogP contribution >= 0.6 is 0 Å². The van der Waals surface area contributed by atoms with Crippen LogP contribution in [0.1, 0.15) is 34.1 Å². The highest BCUT2D eigenvalue weighted by molar-refractivity contribution is 5.34. The number of hydrogen-bond acceptors (Lipinski definition) is 2. The molecule has 1 aromatic carbocycles. The van der Waals surface area contributed by atoms with E-state index < -0.39 is 0 Å². The van der Waals surface area contributed by atoms with E-state index in [1.807, 2.05) is 25.1 Å². The van der Waals surface area contributed by atoms with Crippen LogP contribution in [0.15, 0.2) is 36.4 Å². The average molecular weight is 240 g/mol. The number of aromatic nitrogens is 1. The van der Waals surface area contributed by atoms with Crippen LogP contribution in [0, 0.1) is 20.8 Å². The van der Waals surface area contributed by atoms with E-state index in [9.17, 15) is 0 Å². The Morgan fingerprint density at radius 3 is 2.22 bits per heavy atom. The Kier molecular flexibility index (Phi) is 3.78. The lowest BCUT2D eigenvalue weighted by Gasteiger charge is -2.15. The second-order valence-electron chi connectivity index (χ2n) is 4.88. The molecule has 94 valence electrons. The maximum absolute atomic E-state index is 6.27. The molecule has 2 rings (SSSR count). The molecular formula is C16H20N2. The number of aryl methyl sites for hydroxylation is 3. The molecule has 0 fully saturated rings. The summed E-state index contributed by atoms with van der Waals surface area (Å²) in [7, 11) is 0. The Bertz CT molecular complexity index is 526. The van der Waals surface area contributed by atoms with Crippen LogP contribution in [0.25, 0.3) is 0 Å². The molecule has 0 aliphatic heterocycles. The Balaban J connectivity index is 2.24. The van der Waals surface area contributed by atoms with Crippen molar-refractivity contribution in [3.63, 3.8) is 0 Å². The summed E-state index contributed by atoms with van der Waals surface area (Å²) < 4.78 is 0. The first kappa shape index (κ1) is 12.8. The number of pyridine rings is 1. The molecule has 0 amide bonds. The Morgan fingerprint density at radius 2 is 1.61 bits per heavy atom. The van der Waals surface area contributed by atoms with Gasteiger partial charge < -0.3 is 5.73 Å². The van der Waals surface area contributed by atoms with Crippen LogP contribution in [0.4, 0.5) is 0 Å². The Labute approximate surface area is 109 Å². The SMILES string of the molecule is Cc1cccc(C(N)Cc2c(C)cccc2C)n1. The standard InChI is InChI=1S/C16H20N2/c1-11-6-4-7-12(2)14(11)10-15(17)16-9-5-8-13(3)18-16/h4-9,15H,10,17H2,1-3H3. The van der Waals surface area contributed by atoms with Gasteiger partial charge in [0.1, 0.15) is 0 Å². The van der Waals surface area contributed by atoms with Gasteiger partial charge in [0.15, 0.2) is 0 Å². The lowest BCUT2D eigenvalue weighted by molar-refractivity contribution is 0.688. The summed E-state index contributed by atoms with van der Waals surface area (Å²) in [5.74, 6) is 0. The summed E-state index contributed by atoms with van der Waals surface area (Å²) in [6.07, 6.45) is 0.842. The highest BCUT2D eigenvalue weighted by Gasteiger charge is 2.11. The van der Waals surface area contributed by atoms with Crippen molar-refractivity contribution in [3.05, 3.63) is 64.5 Å². The van der Waals surface area contributed by atoms with Crippen LogP contribution in [0.5, 0.6) is 0 Å². The summed E-state index contributed by atoms with van der Waals surface area (Å²) in [5.41, 5.74) is 12.2. The van der Waals surface area contributed by atoms with Crippen molar-refractivity contribution in [2.45, 2.75) is 33.2 Å². The molecule has 2 aromatic rings. The fraction of sp³-hybridized carbons (Fsp3) is 0.312. The molecule has 2 N–H and O–H groups in total. The molecule has 1 unspecified atom stereocenters. The van der Waals surface area contributed by atoms with E-state index in [1.165, 1.54) is 16.7 Å². The third kappa shape index (κ3) is 2.77. The summed E-state index contributed by atoms with van der Waals surface area (Å²) in [6, 6.07) is 12.3. The van der Waals surface area contributed by atoms with Crippen molar-refractivity contribution >= 4 is 0 Å². The van der Waals surface area contributed by atoms with Gasteiger partial charge in [0.25, 0.3) is 0 Å². The lowest BCUT2D eigenvalue weighted by Crippen LogP contribution is -2.16. The molecule has 18 heavy (non-hydrogen) atoms. The van der Waals surface area contributed by atoms with Gasteiger partial charge >= 0.3 is 0 Å². The van der Waals surface area contributed by atoms with Crippen LogP contribution in [0.3, 0.4) is 0 Å². The first-order chi connectivity index (χ1) is 8.58. The predicted molar refractivity (Wildman–Crippen MR) is 75.5 cm³/mol. The molecule has 0 bridgehead atoms. The van der Waals surface area contributed by atoms with E-state index >= 15 is 0 Å². The molecule has 1 heterocycles. The summed E-state index contributed by atoms with van der Waals surface area (Å²) in [4.78, 5) is 4.50. The molecule has 0 saturated heterocycles. The van der Waals surface area contributed by atoms with Crippen molar-refractivity contribution in [1.82, 2.24) is 4.98 Å². The predicted octanol–water partition coefficient (Wildman–Crippen LogP) is 3.25. The zero-order valence-corrected chi connectivity index (χ0v) is 11.3. The fourth-order valence-electron chi connectivity index (χ4n) is 2.27. The minimum atomic E-state index is -0.0373. The Morgan fingerprint density at radius 1 is 1.00 bits per heavy atom. The van der Waals surface area contributed by atoms with E-state index in [2.05, 4.69) is 37.0 Å². The molecule has 0 saturated carbocycles. The average Bonchev–Trinajstić information content (AvgIpc) is 2.34. The number of benzene rings is 1. The molecular weight excluding hydrogens is 220 g/mol. The topological polar surface area (TPSA) is 38.9 Å². The first-order valence-electron chi connectivity index (χ1n) is 6.32. The van der Waals surface area contributed by atoms with Crippen LogP contribution < -0.4 is 5.73 Å². The van der Waals surface area contributed by atoms with Gasteiger partial charge in [0, 0.05) is 5.69 Å². The number of hydrogen-bond donors (Lipinski definition) is 1. The molecule has 0 aliphatic carbocycles. The van der Waals surface area contributed by atoms with Crippen molar-refractivity contribution in [2.24, 2.45) is 5.73 Å². The monoisotopic (exact) mass is 240 g/mol. The molecule has 1 atom stereocenters. The fourth-order valence-corrected chi connectivity index (χ4v) is 2.27. The quantitative estimate of drug-likeness (QED) is 0.894. The summed E-state index contributed by atoms with van der Waals surface area (Å²) in [6.45, 7) is 6.27. The highest BCUT2D eigenvalue weighted by atomic mass is 14.8. The van der Waals surface area contributed by atoms with E-state index in [0.29, 0.717) is 0 Å². The largest absolute Gasteiger partial charge is 0.322 e. The number of nitrogens with zero attached hydrogens (tertiary/aromatic N) is 1. The zero-order valence-electron chi connectivity index (χ0n) is 11.3. The lowest BCUT2D eigenvalue weighted by atomic mass is 9.95. The number of rotatable bonds is 3. The van der Waals surface area contributed by atoms with Crippen LogP contribution in [-0.2, 0) is 6.42 Å². The van der Waals surface area contributed by atoms with Gasteiger partial charge in [-0.25, -0.2) is 0 Å². The van der Waals surface area contributed by atoms with E-state index in [4.69, 9.17) is 5.73 Å². The maximum atomic E-state index is 6.27. The molecule has 0 spiro atoms. The van der Waals surface area contributed by atoms with Gasteiger partial charge in [-0.1, -0.05) is 24.3 Å². The smallest absolute Gasteiger partial charge is 0.0577 e. The second-order valence-corrected chi connectivity index (χ2v) is 4.88. The van der Waals surface area contributed by atoms with Gasteiger partial charge in [0.05, 0.1) is 11.7 Å². The van der Waals surface area contributed by atoms with Crippen LogP contribution in [-0.4, -0.2) is 4.98 Å². The van der Waals surface area contributed by atoms with Gasteiger partial charge in [-0.2, -0.15) is 0 Å². The summed E-state index contributed by atoms with van der Waals surface area (Å²) in [5, 5.41) is 0. The van der Waals surface area contributed by atoms with E-state index in [1.54, 1.807) is 0 Å². The van der Waals surface area contributed by atoms with Crippen molar-refractivity contribution < 1.29 is 0 Å². The van der Waals surface area contributed by atoms with Crippen molar-refractivity contribution in [2.75, 3.05) is 0 Å². The molecule has 0 aliphatic rings. The van der Waals surface area contributed by atoms with Gasteiger partial charge in [-0.05, 0) is 56.0 Å².